The lowest BCUT2D eigenvalue weighted by molar-refractivity contribution is -0.124. The lowest BCUT2D eigenvalue weighted by Gasteiger charge is -2.32. The molecule has 1 aromatic heterocycles. The first-order valence-electron chi connectivity index (χ1n) is 11.2. The summed E-state index contributed by atoms with van der Waals surface area (Å²) in [5.74, 6) is 1.60. The van der Waals surface area contributed by atoms with Crippen LogP contribution in [-0.4, -0.2) is 72.3 Å². The second kappa shape index (κ2) is 10.2. The summed E-state index contributed by atoms with van der Waals surface area (Å²) in [6.07, 6.45) is 5.24. The van der Waals surface area contributed by atoms with Gasteiger partial charge in [-0.05, 0) is 50.4 Å². The lowest BCUT2D eigenvalue weighted by atomic mass is 9.89. The summed E-state index contributed by atoms with van der Waals surface area (Å²) in [4.78, 5) is 36.6. The number of amides is 1. The largest absolute Gasteiger partial charge is 0.355 e. The normalized spacial score (nSPS) is 21.3. The van der Waals surface area contributed by atoms with Gasteiger partial charge in [-0.2, -0.15) is 0 Å². The van der Waals surface area contributed by atoms with E-state index in [-0.39, 0.29) is 11.8 Å². The molecule has 1 amide bonds. The van der Waals surface area contributed by atoms with E-state index in [1.54, 1.807) is 6.20 Å². The van der Waals surface area contributed by atoms with Crippen molar-refractivity contribution in [3.8, 4) is 0 Å². The van der Waals surface area contributed by atoms with Crippen LogP contribution in [0.5, 0.6) is 0 Å². The van der Waals surface area contributed by atoms with Crippen molar-refractivity contribution >= 4 is 17.5 Å². The van der Waals surface area contributed by atoms with Crippen molar-refractivity contribution in [2.75, 3.05) is 50.7 Å². The van der Waals surface area contributed by atoms with E-state index in [2.05, 4.69) is 35.6 Å². The minimum atomic E-state index is -0.0130. The Morgan fingerprint density at radius 1 is 1.10 bits per heavy atom. The number of Topliss-reactive ketones (excluding diaryl/α,β-unsaturated/α-hetero) is 1. The van der Waals surface area contributed by atoms with Gasteiger partial charge in [-0.1, -0.05) is 20.8 Å². The molecule has 0 N–H and O–H groups in total. The molecule has 6 nitrogen and oxygen atoms in total. The third kappa shape index (κ3) is 5.78. The van der Waals surface area contributed by atoms with Crippen molar-refractivity contribution < 1.29 is 9.59 Å². The second-order valence-corrected chi connectivity index (χ2v) is 8.83. The highest BCUT2D eigenvalue weighted by Gasteiger charge is 2.29. The number of pyridine rings is 1. The number of likely N-dealkylation sites (tertiary alicyclic amines) is 1. The molecule has 2 saturated heterocycles. The Morgan fingerprint density at radius 3 is 2.62 bits per heavy atom. The summed E-state index contributed by atoms with van der Waals surface area (Å²) in [6, 6.07) is 3.87. The number of nitrogens with zero attached hydrogens (tertiary/aromatic N) is 4. The minimum Gasteiger partial charge on any atom is -0.355 e. The molecule has 0 bridgehead atoms. The van der Waals surface area contributed by atoms with E-state index in [0.29, 0.717) is 30.2 Å². The SMILES string of the molecule is CCN1CCCN(c2ccc(C(=O)N3CCC[C@H](C(=O)CC(C)C)C3)cn2)CC1. The molecule has 160 valence electrons. The summed E-state index contributed by atoms with van der Waals surface area (Å²) < 4.78 is 0. The first kappa shape index (κ1) is 21.8. The molecule has 2 fully saturated rings. The van der Waals surface area contributed by atoms with Crippen LogP contribution in [0.25, 0.3) is 0 Å². The summed E-state index contributed by atoms with van der Waals surface area (Å²) in [7, 11) is 0. The first-order valence-corrected chi connectivity index (χ1v) is 11.2. The summed E-state index contributed by atoms with van der Waals surface area (Å²) in [5, 5.41) is 0. The highest BCUT2D eigenvalue weighted by molar-refractivity contribution is 5.94. The Balaban J connectivity index is 1.60. The van der Waals surface area contributed by atoms with Crippen LogP contribution in [0, 0.1) is 11.8 Å². The van der Waals surface area contributed by atoms with E-state index in [1.807, 2.05) is 17.0 Å². The number of aromatic nitrogens is 1. The first-order chi connectivity index (χ1) is 14.0. The van der Waals surface area contributed by atoms with Crippen LogP contribution in [0.1, 0.15) is 56.8 Å². The van der Waals surface area contributed by atoms with Crippen molar-refractivity contribution in [2.24, 2.45) is 11.8 Å². The van der Waals surface area contributed by atoms with Gasteiger partial charge in [-0.15, -0.1) is 0 Å². The van der Waals surface area contributed by atoms with Gasteiger partial charge < -0.3 is 14.7 Å². The van der Waals surface area contributed by atoms with Gasteiger partial charge in [0.2, 0.25) is 0 Å². The smallest absolute Gasteiger partial charge is 0.255 e. The van der Waals surface area contributed by atoms with Gasteiger partial charge in [0, 0.05) is 51.3 Å². The van der Waals surface area contributed by atoms with Crippen molar-refractivity contribution in [2.45, 2.75) is 46.5 Å². The Morgan fingerprint density at radius 2 is 1.93 bits per heavy atom. The fraction of sp³-hybridized carbons (Fsp3) is 0.696. The maximum absolute atomic E-state index is 13.0. The zero-order chi connectivity index (χ0) is 20.8. The number of hydrogen-bond donors (Lipinski definition) is 0. The van der Waals surface area contributed by atoms with E-state index in [4.69, 9.17) is 0 Å². The van der Waals surface area contributed by atoms with Gasteiger partial charge in [0.1, 0.15) is 11.6 Å². The quantitative estimate of drug-likeness (QED) is 0.734. The van der Waals surface area contributed by atoms with Gasteiger partial charge in [-0.25, -0.2) is 4.98 Å². The maximum Gasteiger partial charge on any atom is 0.255 e. The number of carbonyl (C=O) groups excluding carboxylic acids is 2. The van der Waals surface area contributed by atoms with Crippen molar-refractivity contribution in [3.05, 3.63) is 23.9 Å². The number of likely N-dealkylation sites (N-methyl/N-ethyl adjacent to an activating group) is 1. The average Bonchev–Trinajstić information content (AvgIpc) is 2.98. The number of carbonyl (C=O) groups is 2. The molecule has 6 heteroatoms. The fourth-order valence-electron chi connectivity index (χ4n) is 4.39. The van der Waals surface area contributed by atoms with Gasteiger partial charge in [-0.3, -0.25) is 9.59 Å². The average molecular weight is 401 g/mol. The molecule has 0 saturated carbocycles. The zero-order valence-corrected chi connectivity index (χ0v) is 18.3. The summed E-state index contributed by atoms with van der Waals surface area (Å²) in [6.45, 7) is 12.9. The molecule has 0 aromatic carbocycles. The Hall–Kier alpha value is -1.95. The van der Waals surface area contributed by atoms with Crippen LogP contribution in [0.3, 0.4) is 0 Å². The summed E-state index contributed by atoms with van der Waals surface area (Å²) >= 11 is 0. The third-order valence-corrected chi connectivity index (χ3v) is 6.13. The number of ketones is 1. The van der Waals surface area contributed by atoms with Crippen molar-refractivity contribution in [1.82, 2.24) is 14.8 Å². The summed E-state index contributed by atoms with van der Waals surface area (Å²) in [5.41, 5.74) is 0.621. The van der Waals surface area contributed by atoms with Crippen molar-refractivity contribution in [3.63, 3.8) is 0 Å². The van der Waals surface area contributed by atoms with E-state index in [1.165, 1.54) is 0 Å². The molecule has 1 aromatic rings. The maximum atomic E-state index is 13.0. The molecule has 3 rings (SSSR count). The fourth-order valence-corrected chi connectivity index (χ4v) is 4.39. The Bertz CT molecular complexity index is 689. The molecular formula is C23H36N4O2. The van der Waals surface area contributed by atoms with Crippen LogP contribution in [0.15, 0.2) is 18.3 Å². The van der Waals surface area contributed by atoms with Crippen LogP contribution >= 0.6 is 0 Å². The van der Waals surface area contributed by atoms with Crippen LogP contribution in [0.4, 0.5) is 5.82 Å². The standard InChI is InChI=1S/C23H36N4O2/c1-4-25-10-6-12-26(14-13-25)22-9-8-19(16-24-22)23(29)27-11-5-7-20(17-27)21(28)15-18(2)3/h8-9,16,18,20H,4-7,10-15,17H2,1-3H3/t20-/m0/s1. The minimum absolute atomic E-state index is 0.000813. The molecule has 2 aliphatic rings. The number of anilines is 1. The second-order valence-electron chi connectivity index (χ2n) is 8.83. The molecule has 0 unspecified atom stereocenters. The van der Waals surface area contributed by atoms with E-state index >= 15 is 0 Å². The van der Waals surface area contributed by atoms with Gasteiger partial charge >= 0.3 is 0 Å². The molecule has 2 aliphatic heterocycles. The van der Waals surface area contributed by atoms with Gasteiger partial charge in [0.25, 0.3) is 5.91 Å². The predicted octanol–water partition coefficient (Wildman–Crippen LogP) is 3.08. The molecule has 29 heavy (non-hydrogen) atoms. The topological polar surface area (TPSA) is 56.8 Å². The third-order valence-electron chi connectivity index (χ3n) is 6.13. The van der Waals surface area contributed by atoms with Crippen LogP contribution < -0.4 is 4.90 Å². The number of piperidine rings is 1. The van der Waals surface area contributed by atoms with Gasteiger partial charge in [0.05, 0.1) is 5.56 Å². The highest BCUT2D eigenvalue weighted by Crippen LogP contribution is 2.22. The molecule has 0 aliphatic carbocycles. The predicted molar refractivity (Wildman–Crippen MR) is 116 cm³/mol. The monoisotopic (exact) mass is 400 g/mol. The zero-order valence-electron chi connectivity index (χ0n) is 18.3. The lowest BCUT2D eigenvalue weighted by Crippen LogP contribution is -2.42. The van der Waals surface area contributed by atoms with E-state index < -0.39 is 0 Å². The van der Waals surface area contributed by atoms with Crippen LogP contribution in [-0.2, 0) is 4.79 Å². The van der Waals surface area contributed by atoms with Gasteiger partial charge in [0.15, 0.2) is 0 Å². The van der Waals surface area contributed by atoms with Crippen LogP contribution in [0.2, 0.25) is 0 Å². The number of hydrogen-bond acceptors (Lipinski definition) is 5. The molecule has 3 heterocycles. The van der Waals surface area contributed by atoms with E-state index in [9.17, 15) is 9.59 Å². The molecular weight excluding hydrogens is 364 g/mol. The number of rotatable bonds is 6. The molecule has 1 atom stereocenters. The Labute approximate surface area is 175 Å². The van der Waals surface area contributed by atoms with E-state index in [0.717, 1.165) is 64.3 Å². The van der Waals surface area contributed by atoms with Crippen molar-refractivity contribution in [1.29, 1.82) is 0 Å². The molecule has 0 radical (unpaired) electrons. The molecule has 0 spiro atoms. The Kier molecular flexibility index (Phi) is 7.64. The highest BCUT2D eigenvalue weighted by atomic mass is 16.2.